The predicted octanol–water partition coefficient (Wildman–Crippen LogP) is 3.71. The highest BCUT2D eigenvalue weighted by Crippen LogP contribution is 2.29. The van der Waals surface area contributed by atoms with Crippen LogP contribution in [0.15, 0.2) is 24.3 Å². The fourth-order valence-electron chi connectivity index (χ4n) is 3.69. The molecule has 142 valence electrons. The van der Waals surface area contributed by atoms with Gasteiger partial charge in [0.15, 0.2) is 5.13 Å². The van der Waals surface area contributed by atoms with E-state index in [1.165, 1.54) is 24.2 Å². The Kier molecular flexibility index (Phi) is 5.11. The molecule has 0 bridgehead atoms. The number of aryl methyl sites for hydroxylation is 1. The lowest BCUT2D eigenvalue weighted by Gasteiger charge is -2.26. The van der Waals surface area contributed by atoms with Crippen LogP contribution < -0.4 is 10.6 Å². The van der Waals surface area contributed by atoms with Gasteiger partial charge in [-0.25, -0.2) is 9.78 Å². The zero-order chi connectivity index (χ0) is 18.8. The average Bonchev–Trinajstić information content (AvgIpc) is 3.30. The van der Waals surface area contributed by atoms with Gasteiger partial charge in [-0.15, -0.1) is 0 Å². The largest absolute Gasteiger partial charge is 0.335 e. The Morgan fingerprint density at radius 3 is 2.67 bits per heavy atom. The molecule has 1 fully saturated rings. The molecular formula is C20H24N4O2S. The molecule has 0 unspecified atom stereocenters. The Hall–Kier alpha value is -2.41. The second kappa shape index (κ2) is 7.68. The van der Waals surface area contributed by atoms with Crippen LogP contribution in [0.1, 0.15) is 52.2 Å². The van der Waals surface area contributed by atoms with Crippen molar-refractivity contribution in [2.75, 3.05) is 11.9 Å². The van der Waals surface area contributed by atoms with Gasteiger partial charge in [-0.1, -0.05) is 41.9 Å². The standard InChI is InChI=1S/C20H24N4O2S/c1-13-6-8-14(9-7-13)18(25)24-11-10-16-17(12-24)27-20(22-16)23-19(26)21-15-4-2-3-5-15/h6-9,15H,2-5,10-12H2,1H3,(H2,21,22,23,26). The first-order valence-electron chi connectivity index (χ1n) is 9.50. The normalized spacial score (nSPS) is 16.9. The van der Waals surface area contributed by atoms with Crippen molar-refractivity contribution in [2.24, 2.45) is 0 Å². The molecular weight excluding hydrogens is 360 g/mol. The molecule has 1 aromatic carbocycles. The third-order valence-electron chi connectivity index (χ3n) is 5.23. The number of fused-ring (bicyclic) bond motifs is 1. The topological polar surface area (TPSA) is 74.3 Å². The molecule has 0 radical (unpaired) electrons. The summed E-state index contributed by atoms with van der Waals surface area (Å²) in [5, 5.41) is 6.49. The Morgan fingerprint density at radius 1 is 1.19 bits per heavy atom. The quantitative estimate of drug-likeness (QED) is 0.847. The van der Waals surface area contributed by atoms with Gasteiger partial charge in [0.2, 0.25) is 0 Å². The molecule has 27 heavy (non-hydrogen) atoms. The molecule has 2 aliphatic rings. The summed E-state index contributed by atoms with van der Waals surface area (Å²) in [4.78, 5) is 32.3. The van der Waals surface area contributed by atoms with Crippen LogP contribution in [0.2, 0.25) is 0 Å². The van der Waals surface area contributed by atoms with Gasteiger partial charge in [-0.3, -0.25) is 10.1 Å². The molecule has 1 saturated carbocycles. The summed E-state index contributed by atoms with van der Waals surface area (Å²) in [6, 6.07) is 7.77. The van der Waals surface area contributed by atoms with Gasteiger partial charge in [0, 0.05) is 29.4 Å². The first-order valence-corrected chi connectivity index (χ1v) is 10.3. The Labute approximate surface area is 163 Å². The van der Waals surface area contributed by atoms with Crippen LogP contribution in [-0.4, -0.2) is 34.4 Å². The summed E-state index contributed by atoms with van der Waals surface area (Å²) >= 11 is 1.46. The van der Waals surface area contributed by atoms with Crippen LogP contribution in [0.5, 0.6) is 0 Å². The zero-order valence-electron chi connectivity index (χ0n) is 15.5. The number of carbonyl (C=O) groups excluding carboxylic acids is 2. The van der Waals surface area contributed by atoms with E-state index in [9.17, 15) is 9.59 Å². The molecule has 1 aromatic heterocycles. The van der Waals surface area contributed by atoms with Crippen molar-refractivity contribution in [2.45, 2.75) is 51.6 Å². The van der Waals surface area contributed by atoms with E-state index in [2.05, 4.69) is 15.6 Å². The zero-order valence-corrected chi connectivity index (χ0v) is 16.3. The number of urea groups is 1. The van der Waals surface area contributed by atoms with Gasteiger partial charge in [-0.05, 0) is 31.9 Å². The summed E-state index contributed by atoms with van der Waals surface area (Å²) in [5.41, 5.74) is 2.84. The summed E-state index contributed by atoms with van der Waals surface area (Å²) < 4.78 is 0. The molecule has 2 N–H and O–H groups in total. The maximum Gasteiger partial charge on any atom is 0.321 e. The minimum atomic E-state index is -0.180. The van der Waals surface area contributed by atoms with E-state index in [-0.39, 0.29) is 18.0 Å². The number of amides is 3. The fourth-order valence-corrected chi connectivity index (χ4v) is 4.71. The monoisotopic (exact) mass is 384 g/mol. The molecule has 0 spiro atoms. The molecule has 7 heteroatoms. The Balaban J connectivity index is 1.39. The van der Waals surface area contributed by atoms with Gasteiger partial charge < -0.3 is 10.2 Å². The number of nitrogens with one attached hydrogen (secondary N) is 2. The molecule has 0 saturated heterocycles. The molecule has 1 aliphatic heterocycles. The lowest BCUT2D eigenvalue weighted by molar-refractivity contribution is 0.0736. The predicted molar refractivity (Wildman–Crippen MR) is 106 cm³/mol. The molecule has 0 atom stereocenters. The molecule has 1 aliphatic carbocycles. The van der Waals surface area contributed by atoms with Gasteiger partial charge in [0.05, 0.1) is 12.2 Å². The average molecular weight is 385 g/mol. The van der Waals surface area contributed by atoms with Crippen molar-refractivity contribution >= 4 is 28.4 Å². The van der Waals surface area contributed by atoms with E-state index in [1.54, 1.807) is 0 Å². The first-order chi connectivity index (χ1) is 13.1. The minimum absolute atomic E-state index is 0.0440. The van der Waals surface area contributed by atoms with Gasteiger partial charge in [0.1, 0.15) is 0 Å². The lowest BCUT2D eigenvalue weighted by atomic mass is 10.1. The van der Waals surface area contributed by atoms with Gasteiger partial charge in [0.25, 0.3) is 5.91 Å². The number of nitrogens with zero attached hydrogens (tertiary/aromatic N) is 2. The Bertz CT molecular complexity index is 840. The number of aromatic nitrogens is 1. The van der Waals surface area contributed by atoms with E-state index >= 15 is 0 Å². The second-order valence-electron chi connectivity index (χ2n) is 7.31. The number of anilines is 1. The van der Waals surface area contributed by atoms with Crippen molar-refractivity contribution in [1.29, 1.82) is 0 Å². The Morgan fingerprint density at radius 2 is 1.93 bits per heavy atom. The van der Waals surface area contributed by atoms with E-state index in [1.807, 2.05) is 36.1 Å². The summed E-state index contributed by atoms with van der Waals surface area (Å²) in [6.45, 7) is 3.21. The van der Waals surface area contributed by atoms with Crippen molar-refractivity contribution < 1.29 is 9.59 Å². The molecule has 2 heterocycles. The minimum Gasteiger partial charge on any atom is -0.335 e. The lowest BCUT2D eigenvalue weighted by Crippen LogP contribution is -2.36. The number of benzene rings is 1. The highest BCUT2D eigenvalue weighted by atomic mass is 32.1. The maximum absolute atomic E-state index is 12.7. The molecule has 6 nitrogen and oxygen atoms in total. The van der Waals surface area contributed by atoms with Crippen LogP contribution in [0.4, 0.5) is 9.93 Å². The van der Waals surface area contributed by atoms with Crippen LogP contribution in [0.25, 0.3) is 0 Å². The van der Waals surface area contributed by atoms with Crippen LogP contribution in [0, 0.1) is 6.92 Å². The molecule has 4 rings (SSSR count). The van der Waals surface area contributed by atoms with E-state index in [0.29, 0.717) is 23.8 Å². The van der Waals surface area contributed by atoms with Crippen LogP contribution >= 0.6 is 11.3 Å². The van der Waals surface area contributed by atoms with Gasteiger partial charge >= 0.3 is 6.03 Å². The number of thiazole rings is 1. The SMILES string of the molecule is Cc1ccc(C(=O)N2CCc3nc(NC(=O)NC4CCCC4)sc3C2)cc1. The van der Waals surface area contributed by atoms with Crippen molar-refractivity contribution in [3.63, 3.8) is 0 Å². The summed E-state index contributed by atoms with van der Waals surface area (Å²) in [7, 11) is 0. The third kappa shape index (κ3) is 4.13. The number of carbonyl (C=O) groups is 2. The molecule has 2 aromatic rings. The van der Waals surface area contributed by atoms with Crippen LogP contribution in [-0.2, 0) is 13.0 Å². The number of hydrogen-bond acceptors (Lipinski definition) is 4. The highest BCUT2D eigenvalue weighted by molar-refractivity contribution is 7.15. The van der Waals surface area contributed by atoms with Gasteiger partial charge in [-0.2, -0.15) is 0 Å². The number of hydrogen-bond donors (Lipinski definition) is 2. The van der Waals surface area contributed by atoms with Crippen LogP contribution in [0.3, 0.4) is 0 Å². The van der Waals surface area contributed by atoms with E-state index < -0.39 is 0 Å². The summed E-state index contributed by atoms with van der Waals surface area (Å²) in [6.07, 6.45) is 5.19. The smallest absolute Gasteiger partial charge is 0.321 e. The van der Waals surface area contributed by atoms with Crippen molar-refractivity contribution in [3.05, 3.63) is 46.0 Å². The third-order valence-corrected chi connectivity index (χ3v) is 6.23. The molecule has 3 amide bonds. The number of rotatable bonds is 3. The van der Waals surface area contributed by atoms with Crippen molar-refractivity contribution in [1.82, 2.24) is 15.2 Å². The maximum atomic E-state index is 12.7. The second-order valence-corrected chi connectivity index (χ2v) is 8.40. The van der Waals surface area contributed by atoms with Crippen molar-refractivity contribution in [3.8, 4) is 0 Å². The van der Waals surface area contributed by atoms with E-state index in [0.717, 1.165) is 35.4 Å². The van der Waals surface area contributed by atoms with E-state index in [4.69, 9.17) is 0 Å². The summed E-state index contributed by atoms with van der Waals surface area (Å²) in [5.74, 6) is 0.0440. The first kappa shape index (κ1) is 18.0. The highest BCUT2D eigenvalue weighted by Gasteiger charge is 2.25. The fraction of sp³-hybridized carbons (Fsp3) is 0.450.